The summed E-state index contributed by atoms with van der Waals surface area (Å²) in [6.07, 6.45) is 1.18. The van der Waals surface area contributed by atoms with Crippen LogP contribution in [0.3, 0.4) is 0 Å². The quantitative estimate of drug-likeness (QED) is 0.698. The lowest BCUT2D eigenvalue weighted by Gasteiger charge is -2.35. The van der Waals surface area contributed by atoms with Crippen molar-refractivity contribution in [1.82, 2.24) is 5.32 Å². The summed E-state index contributed by atoms with van der Waals surface area (Å²) in [5.41, 5.74) is 1.45. The molecule has 1 aromatic carbocycles. The zero-order chi connectivity index (χ0) is 8.39. The SMILES string of the molecule is C[C@@H]1CN[C@H]1Cc1ccccc1. The van der Waals surface area contributed by atoms with E-state index in [2.05, 4.69) is 42.6 Å². The lowest BCUT2D eigenvalue weighted by molar-refractivity contribution is 0.252. The topological polar surface area (TPSA) is 12.0 Å². The molecule has 1 fully saturated rings. The molecule has 0 amide bonds. The fourth-order valence-electron chi connectivity index (χ4n) is 1.66. The Labute approximate surface area is 73.8 Å². The second kappa shape index (κ2) is 3.28. The van der Waals surface area contributed by atoms with E-state index in [1.807, 2.05) is 0 Å². The van der Waals surface area contributed by atoms with Crippen LogP contribution >= 0.6 is 0 Å². The van der Waals surface area contributed by atoms with Gasteiger partial charge in [-0.15, -0.1) is 0 Å². The largest absolute Gasteiger partial charge is 0.313 e. The lowest BCUT2D eigenvalue weighted by Crippen LogP contribution is -2.52. The predicted molar refractivity (Wildman–Crippen MR) is 51.1 cm³/mol. The molecule has 1 saturated heterocycles. The third-order valence-corrected chi connectivity index (χ3v) is 2.69. The van der Waals surface area contributed by atoms with Crippen LogP contribution in [0.1, 0.15) is 12.5 Å². The highest BCUT2D eigenvalue weighted by atomic mass is 15.0. The van der Waals surface area contributed by atoms with Crippen molar-refractivity contribution in [3.8, 4) is 0 Å². The first kappa shape index (κ1) is 7.81. The van der Waals surface area contributed by atoms with Crippen LogP contribution < -0.4 is 5.32 Å². The third kappa shape index (κ3) is 1.51. The molecule has 0 spiro atoms. The molecule has 1 heterocycles. The van der Waals surface area contributed by atoms with Gasteiger partial charge in [0.25, 0.3) is 0 Å². The summed E-state index contributed by atoms with van der Waals surface area (Å²) < 4.78 is 0. The van der Waals surface area contributed by atoms with Gasteiger partial charge < -0.3 is 5.32 Å². The van der Waals surface area contributed by atoms with Crippen molar-refractivity contribution in [2.75, 3.05) is 6.54 Å². The van der Waals surface area contributed by atoms with Crippen molar-refractivity contribution < 1.29 is 0 Å². The van der Waals surface area contributed by atoms with Gasteiger partial charge in [0.15, 0.2) is 0 Å². The summed E-state index contributed by atoms with van der Waals surface area (Å²) in [6.45, 7) is 3.50. The van der Waals surface area contributed by atoms with E-state index in [4.69, 9.17) is 0 Å². The molecule has 0 aliphatic carbocycles. The van der Waals surface area contributed by atoms with E-state index in [0.29, 0.717) is 6.04 Å². The number of hydrogen-bond acceptors (Lipinski definition) is 1. The monoisotopic (exact) mass is 161 g/mol. The van der Waals surface area contributed by atoms with E-state index in [0.717, 1.165) is 5.92 Å². The Morgan fingerprint density at radius 2 is 2.08 bits per heavy atom. The van der Waals surface area contributed by atoms with Crippen molar-refractivity contribution in [2.24, 2.45) is 5.92 Å². The molecule has 0 unspecified atom stereocenters. The molecule has 2 rings (SSSR count). The zero-order valence-corrected chi connectivity index (χ0v) is 7.46. The highest BCUT2D eigenvalue weighted by Crippen LogP contribution is 2.16. The van der Waals surface area contributed by atoms with Gasteiger partial charge >= 0.3 is 0 Å². The minimum Gasteiger partial charge on any atom is -0.313 e. The molecule has 1 aliphatic heterocycles. The summed E-state index contributed by atoms with van der Waals surface area (Å²) in [7, 11) is 0. The van der Waals surface area contributed by atoms with E-state index in [1.165, 1.54) is 18.5 Å². The molecule has 1 aliphatic rings. The van der Waals surface area contributed by atoms with Crippen LogP contribution in [-0.2, 0) is 6.42 Å². The number of benzene rings is 1. The minimum atomic E-state index is 0.715. The van der Waals surface area contributed by atoms with E-state index >= 15 is 0 Å². The molecule has 1 aromatic rings. The van der Waals surface area contributed by atoms with Crippen LogP contribution in [0, 0.1) is 5.92 Å². The van der Waals surface area contributed by atoms with Crippen LogP contribution in [0.15, 0.2) is 30.3 Å². The Morgan fingerprint density at radius 3 is 2.58 bits per heavy atom. The van der Waals surface area contributed by atoms with Crippen LogP contribution in [0.5, 0.6) is 0 Å². The van der Waals surface area contributed by atoms with Gasteiger partial charge in [-0.05, 0) is 24.4 Å². The van der Waals surface area contributed by atoms with Crippen molar-refractivity contribution in [2.45, 2.75) is 19.4 Å². The van der Waals surface area contributed by atoms with Crippen molar-refractivity contribution in [3.05, 3.63) is 35.9 Å². The number of nitrogens with one attached hydrogen (secondary N) is 1. The third-order valence-electron chi connectivity index (χ3n) is 2.69. The molecule has 2 atom stereocenters. The first-order valence-electron chi connectivity index (χ1n) is 4.63. The Hall–Kier alpha value is -0.820. The Bertz CT molecular complexity index is 242. The van der Waals surface area contributed by atoms with Gasteiger partial charge in [0.2, 0.25) is 0 Å². The van der Waals surface area contributed by atoms with Gasteiger partial charge in [0, 0.05) is 6.04 Å². The summed E-state index contributed by atoms with van der Waals surface area (Å²) in [4.78, 5) is 0. The molecule has 0 aromatic heterocycles. The van der Waals surface area contributed by atoms with Crippen LogP contribution in [0.25, 0.3) is 0 Å². The lowest BCUT2D eigenvalue weighted by atomic mass is 9.88. The maximum Gasteiger partial charge on any atom is 0.0145 e. The van der Waals surface area contributed by atoms with E-state index in [9.17, 15) is 0 Å². The smallest absolute Gasteiger partial charge is 0.0145 e. The molecule has 0 bridgehead atoms. The first-order chi connectivity index (χ1) is 5.86. The zero-order valence-electron chi connectivity index (χ0n) is 7.46. The Kier molecular flexibility index (Phi) is 2.13. The average Bonchev–Trinajstić information content (AvgIpc) is 2.14. The standard InChI is InChI=1S/C11H15N/c1-9-8-12-11(9)7-10-5-3-2-4-6-10/h2-6,9,11-12H,7-8H2,1H3/t9-,11+/m1/s1. The second-order valence-corrected chi connectivity index (χ2v) is 3.68. The van der Waals surface area contributed by atoms with Gasteiger partial charge in [-0.2, -0.15) is 0 Å². The highest BCUT2D eigenvalue weighted by Gasteiger charge is 2.25. The normalized spacial score (nSPS) is 28.1. The molecule has 1 nitrogen and oxygen atoms in total. The van der Waals surface area contributed by atoms with Crippen molar-refractivity contribution >= 4 is 0 Å². The maximum atomic E-state index is 3.44. The van der Waals surface area contributed by atoms with Gasteiger partial charge in [-0.25, -0.2) is 0 Å². The van der Waals surface area contributed by atoms with Crippen molar-refractivity contribution in [1.29, 1.82) is 0 Å². The summed E-state index contributed by atoms with van der Waals surface area (Å²) in [5.74, 6) is 0.852. The summed E-state index contributed by atoms with van der Waals surface area (Å²) >= 11 is 0. The van der Waals surface area contributed by atoms with Crippen LogP contribution in [0.2, 0.25) is 0 Å². The molecule has 1 N–H and O–H groups in total. The van der Waals surface area contributed by atoms with Crippen LogP contribution in [0.4, 0.5) is 0 Å². The van der Waals surface area contributed by atoms with Gasteiger partial charge in [-0.3, -0.25) is 0 Å². The fourth-order valence-corrected chi connectivity index (χ4v) is 1.66. The maximum absolute atomic E-state index is 3.44. The fraction of sp³-hybridized carbons (Fsp3) is 0.455. The van der Waals surface area contributed by atoms with Gasteiger partial charge in [-0.1, -0.05) is 37.3 Å². The van der Waals surface area contributed by atoms with E-state index < -0.39 is 0 Å². The molecule has 64 valence electrons. The molecule has 1 heteroatoms. The minimum absolute atomic E-state index is 0.715. The van der Waals surface area contributed by atoms with E-state index in [1.54, 1.807) is 0 Å². The predicted octanol–water partition coefficient (Wildman–Crippen LogP) is 1.84. The first-order valence-corrected chi connectivity index (χ1v) is 4.63. The molecule has 12 heavy (non-hydrogen) atoms. The van der Waals surface area contributed by atoms with E-state index in [-0.39, 0.29) is 0 Å². The van der Waals surface area contributed by atoms with Crippen molar-refractivity contribution in [3.63, 3.8) is 0 Å². The summed E-state index contributed by atoms with van der Waals surface area (Å²) in [6, 6.07) is 11.4. The average molecular weight is 161 g/mol. The van der Waals surface area contributed by atoms with Crippen LogP contribution in [-0.4, -0.2) is 12.6 Å². The Balaban J connectivity index is 1.95. The second-order valence-electron chi connectivity index (χ2n) is 3.68. The molecular weight excluding hydrogens is 146 g/mol. The van der Waals surface area contributed by atoms with Gasteiger partial charge in [0.1, 0.15) is 0 Å². The molecule has 0 saturated carbocycles. The molecule has 0 radical (unpaired) electrons. The number of rotatable bonds is 2. The number of hydrogen-bond donors (Lipinski definition) is 1. The highest BCUT2D eigenvalue weighted by molar-refractivity contribution is 5.16. The Morgan fingerprint density at radius 1 is 1.33 bits per heavy atom. The summed E-state index contributed by atoms with van der Waals surface area (Å²) in [5, 5.41) is 3.44. The van der Waals surface area contributed by atoms with Gasteiger partial charge in [0.05, 0.1) is 0 Å². The molecular formula is C11H15N.